The van der Waals surface area contributed by atoms with E-state index in [1.807, 2.05) is 6.20 Å². The summed E-state index contributed by atoms with van der Waals surface area (Å²) in [6.45, 7) is 9.66. The third-order valence-electron chi connectivity index (χ3n) is 3.24. The van der Waals surface area contributed by atoms with Crippen molar-refractivity contribution < 1.29 is 0 Å². The van der Waals surface area contributed by atoms with Gasteiger partial charge in [-0.15, -0.1) is 0 Å². The topological polar surface area (TPSA) is 28.2 Å². The van der Waals surface area contributed by atoms with Crippen LogP contribution in [0.4, 0.5) is 5.82 Å². The Labute approximate surface area is 132 Å². The lowest BCUT2D eigenvalue weighted by atomic mass is 10.2. The highest BCUT2D eigenvalue weighted by Crippen LogP contribution is 2.21. The standard InChI is InChI=1S/C16H28BrN3/c1-5-6-7-8-20(4)16-14(9-15(17)12-19-16)11-18-10-13(2)3/h9,12-13,18H,5-8,10-11H2,1-4H3. The fraction of sp³-hybridized carbons (Fsp3) is 0.688. The predicted molar refractivity (Wildman–Crippen MR) is 91.3 cm³/mol. The van der Waals surface area contributed by atoms with E-state index in [0.717, 1.165) is 29.9 Å². The van der Waals surface area contributed by atoms with E-state index in [1.165, 1.54) is 24.8 Å². The molecular weight excluding hydrogens is 314 g/mol. The molecule has 114 valence electrons. The molecule has 0 fully saturated rings. The number of hydrogen-bond acceptors (Lipinski definition) is 3. The molecule has 1 N–H and O–H groups in total. The van der Waals surface area contributed by atoms with Crippen LogP contribution in [-0.4, -0.2) is 25.1 Å². The maximum atomic E-state index is 4.59. The molecule has 1 aromatic heterocycles. The highest BCUT2D eigenvalue weighted by atomic mass is 79.9. The largest absolute Gasteiger partial charge is 0.359 e. The molecule has 0 bridgehead atoms. The van der Waals surface area contributed by atoms with Crippen molar-refractivity contribution in [1.29, 1.82) is 0 Å². The predicted octanol–water partition coefficient (Wildman–Crippen LogP) is 4.22. The zero-order valence-electron chi connectivity index (χ0n) is 13.2. The lowest BCUT2D eigenvalue weighted by Crippen LogP contribution is -2.24. The van der Waals surface area contributed by atoms with Crippen molar-refractivity contribution in [3.8, 4) is 0 Å². The number of nitrogens with one attached hydrogen (secondary N) is 1. The first kappa shape index (κ1) is 17.4. The van der Waals surface area contributed by atoms with Gasteiger partial charge >= 0.3 is 0 Å². The van der Waals surface area contributed by atoms with E-state index in [-0.39, 0.29) is 0 Å². The fourth-order valence-electron chi connectivity index (χ4n) is 2.15. The van der Waals surface area contributed by atoms with Gasteiger partial charge in [-0.25, -0.2) is 4.98 Å². The molecule has 0 aliphatic carbocycles. The summed E-state index contributed by atoms with van der Waals surface area (Å²) in [6.07, 6.45) is 5.65. The van der Waals surface area contributed by atoms with Crippen LogP contribution in [0.2, 0.25) is 0 Å². The molecular formula is C16H28BrN3. The smallest absolute Gasteiger partial charge is 0.132 e. The summed E-state index contributed by atoms with van der Waals surface area (Å²) < 4.78 is 1.05. The van der Waals surface area contributed by atoms with Gasteiger partial charge in [0.25, 0.3) is 0 Å². The number of nitrogens with zero attached hydrogens (tertiary/aromatic N) is 2. The number of hydrogen-bond donors (Lipinski definition) is 1. The van der Waals surface area contributed by atoms with Gasteiger partial charge in [-0.2, -0.15) is 0 Å². The number of unbranched alkanes of at least 4 members (excludes halogenated alkanes) is 2. The molecule has 0 unspecified atom stereocenters. The van der Waals surface area contributed by atoms with Crippen LogP contribution in [0.15, 0.2) is 16.7 Å². The monoisotopic (exact) mass is 341 g/mol. The highest BCUT2D eigenvalue weighted by molar-refractivity contribution is 9.10. The molecule has 0 aliphatic heterocycles. The molecule has 0 saturated carbocycles. The summed E-state index contributed by atoms with van der Waals surface area (Å²) in [6, 6.07) is 2.17. The van der Waals surface area contributed by atoms with E-state index in [9.17, 15) is 0 Å². The van der Waals surface area contributed by atoms with Crippen molar-refractivity contribution in [2.75, 3.05) is 25.0 Å². The summed E-state index contributed by atoms with van der Waals surface area (Å²) in [5, 5.41) is 3.50. The van der Waals surface area contributed by atoms with Crippen LogP contribution in [0.25, 0.3) is 0 Å². The normalized spacial score (nSPS) is 11.1. The van der Waals surface area contributed by atoms with Gasteiger partial charge < -0.3 is 10.2 Å². The van der Waals surface area contributed by atoms with E-state index in [4.69, 9.17) is 0 Å². The Bertz CT molecular complexity index is 393. The van der Waals surface area contributed by atoms with Crippen LogP contribution in [0.3, 0.4) is 0 Å². The van der Waals surface area contributed by atoms with Gasteiger partial charge in [0.1, 0.15) is 5.82 Å². The van der Waals surface area contributed by atoms with Crippen molar-refractivity contribution in [2.45, 2.75) is 46.6 Å². The molecule has 0 amide bonds. The third-order valence-corrected chi connectivity index (χ3v) is 3.67. The SMILES string of the molecule is CCCCCN(C)c1ncc(Br)cc1CNCC(C)C. The van der Waals surface area contributed by atoms with Crippen LogP contribution < -0.4 is 10.2 Å². The van der Waals surface area contributed by atoms with E-state index in [1.54, 1.807) is 0 Å². The van der Waals surface area contributed by atoms with Crippen molar-refractivity contribution in [3.63, 3.8) is 0 Å². The minimum absolute atomic E-state index is 0.667. The second-order valence-electron chi connectivity index (χ2n) is 5.79. The van der Waals surface area contributed by atoms with Gasteiger partial charge in [-0.1, -0.05) is 33.6 Å². The number of halogens is 1. The molecule has 3 nitrogen and oxygen atoms in total. The molecule has 0 saturated heterocycles. The summed E-state index contributed by atoms with van der Waals surface area (Å²) in [5.74, 6) is 1.77. The molecule has 20 heavy (non-hydrogen) atoms. The minimum Gasteiger partial charge on any atom is -0.359 e. The summed E-state index contributed by atoms with van der Waals surface area (Å²) >= 11 is 3.52. The first-order valence-electron chi connectivity index (χ1n) is 7.60. The Morgan fingerprint density at radius 2 is 2.10 bits per heavy atom. The number of anilines is 1. The summed E-state index contributed by atoms with van der Waals surface area (Å²) in [5.41, 5.74) is 1.26. The number of rotatable bonds is 9. The van der Waals surface area contributed by atoms with Gasteiger partial charge in [0.05, 0.1) is 0 Å². The molecule has 0 spiro atoms. The molecule has 1 rings (SSSR count). The molecule has 0 atom stereocenters. The zero-order valence-corrected chi connectivity index (χ0v) is 14.8. The average molecular weight is 342 g/mol. The zero-order chi connectivity index (χ0) is 15.0. The Morgan fingerprint density at radius 1 is 1.35 bits per heavy atom. The highest BCUT2D eigenvalue weighted by Gasteiger charge is 2.09. The lowest BCUT2D eigenvalue weighted by Gasteiger charge is -2.22. The average Bonchev–Trinajstić information content (AvgIpc) is 2.38. The second-order valence-corrected chi connectivity index (χ2v) is 6.71. The maximum absolute atomic E-state index is 4.59. The van der Waals surface area contributed by atoms with Crippen molar-refractivity contribution in [2.24, 2.45) is 5.92 Å². The van der Waals surface area contributed by atoms with E-state index < -0.39 is 0 Å². The molecule has 1 heterocycles. The van der Waals surface area contributed by atoms with Crippen LogP contribution in [0.5, 0.6) is 0 Å². The molecule has 0 aromatic carbocycles. The van der Waals surface area contributed by atoms with E-state index in [2.05, 4.69) is 65.0 Å². The van der Waals surface area contributed by atoms with Gasteiger partial charge in [-0.3, -0.25) is 0 Å². The molecule has 0 radical (unpaired) electrons. The minimum atomic E-state index is 0.667. The van der Waals surface area contributed by atoms with Crippen LogP contribution in [0.1, 0.15) is 45.6 Å². The van der Waals surface area contributed by atoms with Crippen LogP contribution in [-0.2, 0) is 6.54 Å². The van der Waals surface area contributed by atoms with Crippen molar-refractivity contribution >= 4 is 21.7 Å². The first-order chi connectivity index (χ1) is 9.54. The van der Waals surface area contributed by atoms with E-state index >= 15 is 0 Å². The van der Waals surface area contributed by atoms with Gasteiger partial charge in [-0.05, 0) is 40.9 Å². The summed E-state index contributed by atoms with van der Waals surface area (Å²) in [4.78, 5) is 6.87. The second kappa shape index (κ2) is 9.35. The third kappa shape index (κ3) is 6.23. The summed E-state index contributed by atoms with van der Waals surface area (Å²) in [7, 11) is 2.14. The van der Waals surface area contributed by atoms with Gasteiger partial charge in [0.15, 0.2) is 0 Å². The Hall–Kier alpha value is -0.610. The first-order valence-corrected chi connectivity index (χ1v) is 8.40. The lowest BCUT2D eigenvalue weighted by molar-refractivity contribution is 0.551. The molecule has 1 aromatic rings. The van der Waals surface area contributed by atoms with Crippen molar-refractivity contribution in [1.82, 2.24) is 10.3 Å². The van der Waals surface area contributed by atoms with E-state index in [0.29, 0.717) is 5.92 Å². The maximum Gasteiger partial charge on any atom is 0.132 e. The number of aromatic nitrogens is 1. The van der Waals surface area contributed by atoms with Crippen LogP contribution in [0, 0.1) is 5.92 Å². The quantitative estimate of drug-likeness (QED) is 0.681. The van der Waals surface area contributed by atoms with Crippen molar-refractivity contribution in [3.05, 3.63) is 22.3 Å². The Kier molecular flexibility index (Phi) is 8.15. The Morgan fingerprint density at radius 3 is 2.75 bits per heavy atom. The molecule has 4 heteroatoms. The number of pyridine rings is 1. The Balaban J connectivity index is 2.68. The molecule has 0 aliphatic rings. The fourth-order valence-corrected chi connectivity index (χ4v) is 2.53. The van der Waals surface area contributed by atoms with Gasteiger partial charge in [0.2, 0.25) is 0 Å². The van der Waals surface area contributed by atoms with Gasteiger partial charge in [0, 0.05) is 36.4 Å². The van der Waals surface area contributed by atoms with Crippen LogP contribution >= 0.6 is 15.9 Å².